The van der Waals surface area contributed by atoms with E-state index in [9.17, 15) is 4.57 Å². The first-order valence-electron chi connectivity index (χ1n) is 8.87. The van der Waals surface area contributed by atoms with Crippen LogP contribution in [0.15, 0.2) is 0 Å². The summed E-state index contributed by atoms with van der Waals surface area (Å²) in [6.45, 7) is 6.68. The van der Waals surface area contributed by atoms with Crippen molar-refractivity contribution in [3.05, 3.63) is 0 Å². The molecule has 8 heteroatoms. The molecule has 0 saturated carbocycles. The van der Waals surface area contributed by atoms with E-state index in [4.69, 9.17) is 19.4 Å². The van der Waals surface area contributed by atoms with E-state index in [1.165, 1.54) is 44.9 Å². The Kier molecular flexibility index (Phi) is 19.8. The Morgan fingerprint density at radius 1 is 0.917 bits per heavy atom. The van der Waals surface area contributed by atoms with E-state index in [1.807, 2.05) is 13.8 Å². The third-order valence-electron chi connectivity index (χ3n) is 3.41. The van der Waals surface area contributed by atoms with Crippen LogP contribution >= 0.6 is 7.82 Å². The molecule has 2 N–H and O–H groups in total. The average molecular weight is 378 g/mol. The molecule has 0 fully saturated rings. The molecule has 0 aliphatic heterocycles. The number of phosphoric acid groups is 1. The molecule has 0 aromatic carbocycles. The van der Waals surface area contributed by atoms with Crippen molar-refractivity contribution in [2.45, 2.75) is 91.3 Å². The fraction of sp³-hybridized carbons (Fsp3) is 1.00. The Hall–Kier alpha value is 1.03. The molecule has 1 atom stereocenters. The van der Waals surface area contributed by atoms with Gasteiger partial charge in [-0.05, 0) is 12.3 Å². The molecule has 0 aromatic rings. The molecule has 0 aliphatic carbocycles. The first-order valence-corrected chi connectivity index (χ1v) is 10.4. The average Bonchev–Trinajstić information content (AvgIpc) is 2.46. The van der Waals surface area contributed by atoms with E-state index in [2.05, 4.69) is 11.6 Å². The first-order chi connectivity index (χ1) is 10.8. The van der Waals surface area contributed by atoms with Crippen molar-refractivity contribution >= 4 is 37.4 Å². The van der Waals surface area contributed by atoms with E-state index < -0.39 is 14.1 Å². The van der Waals surface area contributed by atoms with Crippen LogP contribution < -0.4 is 0 Å². The Morgan fingerprint density at radius 2 is 1.42 bits per heavy atom. The Morgan fingerprint density at radius 3 is 1.88 bits per heavy atom. The molecule has 0 saturated heterocycles. The summed E-state index contributed by atoms with van der Waals surface area (Å²) in [5, 5.41) is 0. The molecular formula is C16H36NaO6P. The molecule has 24 heavy (non-hydrogen) atoms. The number of ether oxygens (including phenoxy) is 1. The normalized spacial score (nSPS) is 13.1. The zero-order chi connectivity index (χ0) is 17.6. The van der Waals surface area contributed by atoms with Gasteiger partial charge in [-0.2, -0.15) is 4.89 Å². The van der Waals surface area contributed by atoms with E-state index >= 15 is 0 Å². The van der Waals surface area contributed by atoms with E-state index in [0.29, 0.717) is 18.9 Å². The van der Waals surface area contributed by atoms with Crippen molar-refractivity contribution in [3.8, 4) is 0 Å². The second kappa shape index (κ2) is 17.4. The molecule has 0 aromatic heterocycles. The van der Waals surface area contributed by atoms with Gasteiger partial charge in [0.2, 0.25) is 0 Å². The molecule has 0 rings (SSSR count). The second-order valence-corrected chi connectivity index (χ2v) is 7.57. The first kappa shape index (κ1) is 27.3. The topological polar surface area (TPSA) is 85.2 Å². The van der Waals surface area contributed by atoms with Crippen LogP contribution in [0, 0.1) is 5.92 Å². The van der Waals surface area contributed by atoms with Gasteiger partial charge < -0.3 is 14.5 Å². The standard InChI is InChI=1S/C16H35O6P.Na.H/c1-4-5-6-7-8-9-10-11-12-13-16(20-14-15(2)3)21-22-23(17,18)19;;/h15-16H,4-14H2,1-3H3,(H2,17,18,19);;. The van der Waals surface area contributed by atoms with Gasteiger partial charge in [0, 0.05) is 6.42 Å². The van der Waals surface area contributed by atoms with Crippen molar-refractivity contribution in [2.24, 2.45) is 5.92 Å². The fourth-order valence-electron chi connectivity index (χ4n) is 2.18. The van der Waals surface area contributed by atoms with Crippen LogP contribution in [0.3, 0.4) is 0 Å². The predicted molar refractivity (Wildman–Crippen MR) is 97.8 cm³/mol. The van der Waals surface area contributed by atoms with Crippen molar-refractivity contribution in [1.29, 1.82) is 0 Å². The van der Waals surface area contributed by atoms with Crippen LogP contribution in [0.5, 0.6) is 0 Å². The molecular weight excluding hydrogens is 342 g/mol. The minimum atomic E-state index is -4.63. The molecule has 1 unspecified atom stereocenters. The molecule has 6 nitrogen and oxygen atoms in total. The summed E-state index contributed by atoms with van der Waals surface area (Å²) in [6, 6.07) is 0. The van der Waals surface area contributed by atoms with Crippen molar-refractivity contribution < 1.29 is 28.7 Å². The molecule has 0 radical (unpaired) electrons. The van der Waals surface area contributed by atoms with Crippen molar-refractivity contribution in [3.63, 3.8) is 0 Å². The summed E-state index contributed by atoms with van der Waals surface area (Å²) in [7, 11) is -4.63. The minimum absolute atomic E-state index is 0. The predicted octanol–water partition coefficient (Wildman–Crippen LogP) is 4.30. The Balaban J connectivity index is 0. The van der Waals surface area contributed by atoms with Gasteiger partial charge in [0.15, 0.2) is 6.29 Å². The van der Waals surface area contributed by atoms with Gasteiger partial charge in [0.1, 0.15) is 0 Å². The maximum atomic E-state index is 10.7. The molecule has 0 aliphatic rings. The summed E-state index contributed by atoms with van der Waals surface area (Å²) in [5.41, 5.74) is 0. The summed E-state index contributed by atoms with van der Waals surface area (Å²) in [6.07, 6.45) is 10.7. The number of hydrogen-bond donors (Lipinski definition) is 2. The van der Waals surface area contributed by atoms with Crippen LogP contribution in [0.4, 0.5) is 0 Å². The SMILES string of the molecule is CCCCCCCCCCCC(OCC(C)C)OOP(=O)(O)O.[NaH]. The van der Waals surface area contributed by atoms with Gasteiger partial charge in [-0.15, -0.1) is 4.67 Å². The molecule has 0 spiro atoms. The van der Waals surface area contributed by atoms with Gasteiger partial charge in [-0.1, -0.05) is 72.1 Å². The van der Waals surface area contributed by atoms with Crippen LogP contribution in [0.2, 0.25) is 0 Å². The summed E-state index contributed by atoms with van der Waals surface area (Å²) >= 11 is 0. The van der Waals surface area contributed by atoms with Crippen LogP contribution in [0.25, 0.3) is 0 Å². The summed E-state index contributed by atoms with van der Waals surface area (Å²) < 4.78 is 20.3. The maximum absolute atomic E-state index is 10.7. The van der Waals surface area contributed by atoms with Gasteiger partial charge >= 0.3 is 37.4 Å². The molecule has 142 valence electrons. The van der Waals surface area contributed by atoms with Gasteiger partial charge in [-0.25, -0.2) is 4.57 Å². The van der Waals surface area contributed by atoms with Crippen molar-refractivity contribution in [2.75, 3.05) is 6.61 Å². The third kappa shape index (κ3) is 21.1. The van der Waals surface area contributed by atoms with Crippen molar-refractivity contribution in [1.82, 2.24) is 0 Å². The quantitative estimate of drug-likeness (QED) is 0.104. The summed E-state index contributed by atoms with van der Waals surface area (Å²) in [5.74, 6) is 0.319. The second-order valence-electron chi connectivity index (χ2n) is 6.44. The van der Waals surface area contributed by atoms with Crippen LogP contribution in [-0.4, -0.2) is 52.2 Å². The van der Waals surface area contributed by atoms with Crippen LogP contribution in [-0.2, 0) is 18.9 Å². The fourth-order valence-corrected chi connectivity index (χ4v) is 2.39. The monoisotopic (exact) mass is 378 g/mol. The van der Waals surface area contributed by atoms with Gasteiger partial charge in [0.25, 0.3) is 0 Å². The van der Waals surface area contributed by atoms with E-state index in [0.717, 1.165) is 12.8 Å². The Labute approximate surface area is 169 Å². The number of rotatable bonds is 16. The van der Waals surface area contributed by atoms with Gasteiger partial charge in [-0.3, -0.25) is 0 Å². The van der Waals surface area contributed by atoms with E-state index in [1.54, 1.807) is 0 Å². The summed E-state index contributed by atoms with van der Waals surface area (Å²) in [4.78, 5) is 22.1. The zero-order valence-electron chi connectivity index (χ0n) is 14.9. The molecule has 0 heterocycles. The molecule has 0 amide bonds. The number of hydrogen-bond acceptors (Lipinski definition) is 4. The van der Waals surface area contributed by atoms with Crippen LogP contribution in [0.1, 0.15) is 85.0 Å². The third-order valence-corrected chi connectivity index (χ3v) is 3.69. The van der Waals surface area contributed by atoms with E-state index in [-0.39, 0.29) is 29.6 Å². The number of unbranched alkanes of at least 4 members (excludes halogenated alkanes) is 8. The molecule has 0 bridgehead atoms. The van der Waals surface area contributed by atoms with Gasteiger partial charge in [0.05, 0.1) is 6.61 Å². The Bertz CT molecular complexity index is 311. The zero-order valence-corrected chi connectivity index (χ0v) is 15.8.